The van der Waals surface area contributed by atoms with Crippen molar-refractivity contribution in [2.24, 2.45) is 0 Å². The average molecular weight is 261 g/mol. The monoisotopic (exact) mass is 261 g/mol. The number of ketones is 1. The second kappa shape index (κ2) is 4.15. The molecule has 1 aromatic carbocycles. The van der Waals surface area contributed by atoms with Crippen LogP contribution >= 0.6 is 0 Å². The third-order valence-electron chi connectivity index (χ3n) is 3.31. The normalized spacial score (nSPS) is 28.8. The van der Waals surface area contributed by atoms with Crippen molar-refractivity contribution in [3.05, 3.63) is 35.9 Å². The number of Topliss-reactive ketones (excluding diaryl/α,β-unsaturated/α-hetero) is 1. The molecule has 0 unspecified atom stereocenters. The summed E-state index contributed by atoms with van der Waals surface area (Å²) in [5, 5.41) is 0. The Labute approximate surface area is 111 Å². The zero-order chi connectivity index (χ0) is 13.6. The summed E-state index contributed by atoms with van der Waals surface area (Å²) in [6.07, 6.45) is -1.42. The lowest BCUT2D eigenvalue weighted by atomic mass is 10.2. The Bertz CT molecular complexity index is 526. The average Bonchev–Trinajstić information content (AvgIpc) is 2.79. The summed E-state index contributed by atoms with van der Waals surface area (Å²) >= 11 is 0. The van der Waals surface area contributed by atoms with Crippen LogP contribution in [0.1, 0.15) is 19.4 Å². The third-order valence-corrected chi connectivity index (χ3v) is 3.31. The molecule has 0 bridgehead atoms. The van der Waals surface area contributed by atoms with Crippen LogP contribution in [0.3, 0.4) is 0 Å². The fraction of sp³-hybridized carbons (Fsp3) is 0.429. The van der Waals surface area contributed by atoms with Crippen LogP contribution in [-0.2, 0) is 25.6 Å². The highest BCUT2D eigenvalue weighted by Crippen LogP contribution is 2.35. The number of carbonyl (C=O) groups is 2. The Morgan fingerprint density at radius 1 is 1.16 bits per heavy atom. The van der Waals surface area contributed by atoms with Gasteiger partial charge in [0.05, 0.1) is 0 Å². The van der Waals surface area contributed by atoms with Gasteiger partial charge in [-0.15, -0.1) is 0 Å². The number of fused-ring (bicyclic) bond motifs is 1. The number of nitrogens with zero attached hydrogens (tertiary/aromatic N) is 1. The molecule has 2 aliphatic heterocycles. The number of amides is 1. The van der Waals surface area contributed by atoms with E-state index in [4.69, 9.17) is 9.47 Å². The second-order valence-corrected chi connectivity index (χ2v) is 5.23. The van der Waals surface area contributed by atoms with Crippen molar-refractivity contribution in [2.45, 2.75) is 38.5 Å². The summed E-state index contributed by atoms with van der Waals surface area (Å²) in [6, 6.07) is 9.51. The third kappa shape index (κ3) is 2.05. The van der Waals surface area contributed by atoms with Gasteiger partial charge in [-0.3, -0.25) is 9.59 Å². The van der Waals surface area contributed by atoms with E-state index in [1.807, 2.05) is 30.3 Å². The van der Waals surface area contributed by atoms with Crippen LogP contribution in [0.5, 0.6) is 0 Å². The number of hydrogen-bond acceptors (Lipinski definition) is 4. The lowest BCUT2D eigenvalue weighted by Crippen LogP contribution is -2.37. The molecule has 0 N–H and O–H groups in total. The molecule has 0 aliphatic carbocycles. The Kier molecular flexibility index (Phi) is 2.69. The number of hydrogen-bond donors (Lipinski definition) is 0. The molecule has 2 saturated heterocycles. The van der Waals surface area contributed by atoms with Crippen molar-refractivity contribution in [1.29, 1.82) is 0 Å². The first-order chi connectivity index (χ1) is 8.98. The molecule has 5 heteroatoms. The van der Waals surface area contributed by atoms with E-state index in [0.29, 0.717) is 6.54 Å². The van der Waals surface area contributed by atoms with E-state index in [2.05, 4.69) is 0 Å². The van der Waals surface area contributed by atoms with Crippen LogP contribution in [0.15, 0.2) is 30.3 Å². The van der Waals surface area contributed by atoms with E-state index >= 15 is 0 Å². The molecule has 3 rings (SSSR count). The summed E-state index contributed by atoms with van der Waals surface area (Å²) in [5.74, 6) is -1.89. The Morgan fingerprint density at radius 2 is 1.84 bits per heavy atom. The number of ether oxygens (including phenoxy) is 2. The van der Waals surface area contributed by atoms with Crippen molar-refractivity contribution < 1.29 is 19.1 Å². The van der Waals surface area contributed by atoms with Gasteiger partial charge in [0.25, 0.3) is 11.7 Å². The maximum Gasteiger partial charge on any atom is 0.295 e. The van der Waals surface area contributed by atoms with Gasteiger partial charge in [-0.1, -0.05) is 30.3 Å². The second-order valence-electron chi connectivity index (χ2n) is 5.23. The molecule has 2 atom stereocenters. The number of likely N-dealkylation sites (tertiary alicyclic amines) is 1. The van der Waals surface area contributed by atoms with Gasteiger partial charge in [-0.25, -0.2) is 0 Å². The van der Waals surface area contributed by atoms with E-state index in [1.165, 1.54) is 4.90 Å². The molecule has 2 fully saturated rings. The highest BCUT2D eigenvalue weighted by Gasteiger charge is 2.57. The molecule has 19 heavy (non-hydrogen) atoms. The molecule has 100 valence electrons. The van der Waals surface area contributed by atoms with Crippen molar-refractivity contribution in [3.8, 4) is 0 Å². The molecule has 1 amide bonds. The Balaban J connectivity index is 1.85. The SMILES string of the molecule is CC1(C)O[C@@H]2C(=O)C(=O)N(Cc3ccccc3)[C@@H]2O1. The van der Waals surface area contributed by atoms with E-state index in [-0.39, 0.29) is 0 Å². The lowest BCUT2D eigenvalue weighted by molar-refractivity contribution is -0.179. The summed E-state index contributed by atoms with van der Waals surface area (Å²) in [4.78, 5) is 25.3. The summed E-state index contributed by atoms with van der Waals surface area (Å²) < 4.78 is 11.1. The first-order valence-electron chi connectivity index (χ1n) is 6.22. The van der Waals surface area contributed by atoms with Gasteiger partial charge in [-0.05, 0) is 19.4 Å². The van der Waals surface area contributed by atoms with Gasteiger partial charge in [0, 0.05) is 6.54 Å². The standard InChI is InChI=1S/C14H15NO4/c1-14(2)18-11-10(16)12(17)15(13(11)19-14)8-9-6-4-3-5-7-9/h3-7,11,13H,8H2,1-2H3/t11-,13-/m1/s1. The van der Waals surface area contributed by atoms with Crippen molar-refractivity contribution >= 4 is 11.7 Å². The number of benzene rings is 1. The molecule has 1 aromatic rings. The summed E-state index contributed by atoms with van der Waals surface area (Å²) in [7, 11) is 0. The minimum absolute atomic E-state index is 0.353. The molecule has 5 nitrogen and oxygen atoms in total. The molecule has 0 radical (unpaired) electrons. The zero-order valence-electron chi connectivity index (χ0n) is 10.8. The molecule has 0 aromatic heterocycles. The number of carbonyl (C=O) groups excluding carboxylic acids is 2. The maximum absolute atomic E-state index is 12.0. The minimum Gasteiger partial charge on any atom is -0.334 e. The van der Waals surface area contributed by atoms with Gasteiger partial charge in [0.2, 0.25) is 0 Å². The van der Waals surface area contributed by atoms with Crippen LogP contribution < -0.4 is 0 Å². The van der Waals surface area contributed by atoms with Crippen LogP contribution in [0.4, 0.5) is 0 Å². The maximum atomic E-state index is 12.0. The fourth-order valence-corrected chi connectivity index (χ4v) is 2.48. The Morgan fingerprint density at radius 3 is 2.53 bits per heavy atom. The fourth-order valence-electron chi connectivity index (χ4n) is 2.48. The molecular weight excluding hydrogens is 246 g/mol. The van der Waals surface area contributed by atoms with Gasteiger partial charge >= 0.3 is 0 Å². The van der Waals surface area contributed by atoms with Gasteiger partial charge in [0.1, 0.15) is 0 Å². The quantitative estimate of drug-likeness (QED) is 0.747. The number of rotatable bonds is 2. The first kappa shape index (κ1) is 12.3. The van der Waals surface area contributed by atoms with Crippen LogP contribution in [0, 0.1) is 0 Å². The Hall–Kier alpha value is -1.72. The van der Waals surface area contributed by atoms with Gasteiger partial charge in [-0.2, -0.15) is 0 Å². The van der Waals surface area contributed by atoms with Crippen LogP contribution in [0.2, 0.25) is 0 Å². The smallest absolute Gasteiger partial charge is 0.295 e. The van der Waals surface area contributed by atoms with Crippen molar-refractivity contribution in [2.75, 3.05) is 0 Å². The van der Waals surface area contributed by atoms with Crippen LogP contribution in [-0.4, -0.2) is 34.7 Å². The molecule has 2 aliphatic rings. The van der Waals surface area contributed by atoms with Crippen molar-refractivity contribution in [3.63, 3.8) is 0 Å². The largest absolute Gasteiger partial charge is 0.334 e. The highest BCUT2D eigenvalue weighted by atomic mass is 16.8. The van der Waals surface area contributed by atoms with Gasteiger partial charge < -0.3 is 14.4 Å². The van der Waals surface area contributed by atoms with Crippen LogP contribution in [0.25, 0.3) is 0 Å². The van der Waals surface area contributed by atoms with E-state index in [1.54, 1.807) is 13.8 Å². The summed E-state index contributed by atoms with van der Waals surface area (Å²) in [5.41, 5.74) is 0.956. The predicted octanol–water partition coefficient (Wildman–Crippen LogP) is 1.08. The van der Waals surface area contributed by atoms with Crippen molar-refractivity contribution in [1.82, 2.24) is 4.90 Å². The zero-order valence-corrected chi connectivity index (χ0v) is 10.8. The first-order valence-corrected chi connectivity index (χ1v) is 6.22. The molecular formula is C14H15NO4. The highest BCUT2D eigenvalue weighted by molar-refractivity contribution is 6.40. The van der Waals surface area contributed by atoms with E-state index in [0.717, 1.165) is 5.56 Å². The molecule has 0 saturated carbocycles. The van der Waals surface area contributed by atoms with Gasteiger partial charge in [0.15, 0.2) is 18.1 Å². The minimum atomic E-state index is -0.833. The molecule has 0 spiro atoms. The lowest BCUT2D eigenvalue weighted by Gasteiger charge is -2.24. The summed E-state index contributed by atoms with van der Waals surface area (Å²) in [6.45, 7) is 3.83. The predicted molar refractivity (Wildman–Crippen MR) is 65.8 cm³/mol. The molecule has 2 heterocycles. The van der Waals surface area contributed by atoms with E-state index < -0.39 is 29.8 Å². The topological polar surface area (TPSA) is 55.8 Å². The van der Waals surface area contributed by atoms with E-state index in [9.17, 15) is 9.59 Å².